The van der Waals surface area contributed by atoms with Gasteiger partial charge in [-0.1, -0.05) is 0 Å². The van der Waals surface area contributed by atoms with Gasteiger partial charge in [0.1, 0.15) is 6.04 Å². The molecule has 2 aliphatic heterocycles. The van der Waals surface area contributed by atoms with Gasteiger partial charge >= 0.3 is 0 Å². The molecule has 124 valence electrons. The maximum Gasteiger partial charge on any atom is 0.237 e. The van der Waals surface area contributed by atoms with E-state index in [0.29, 0.717) is 39.3 Å². The lowest BCUT2D eigenvalue weighted by molar-refractivity contribution is -0.130. The van der Waals surface area contributed by atoms with Gasteiger partial charge in [0.2, 0.25) is 15.9 Å². The number of hydrogen-bond acceptors (Lipinski definition) is 6. The number of nitrogens with zero attached hydrogens (tertiary/aromatic N) is 3. The van der Waals surface area contributed by atoms with Crippen LogP contribution in [0.25, 0.3) is 0 Å². The molecule has 1 atom stereocenters. The summed E-state index contributed by atoms with van der Waals surface area (Å²) >= 11 is 0. The maximum absolute atomic E-state index is 12.1. The fourth-order valence-corrected chi connectivity index (χ4v) is 4.02. The summed E-state index contributed by atoms with van der Waals surface area (Å²) in [5.41, 5.74) is 0. The first-order chi connectivity index (χ1) is 10.5. The van der Waals surface area contributed by atoms with Crippen molar-refractivity contribution in [1.29, 1.82) is 5.26 Å². The van der Waals surface area contributed by atoms with Gasteiger partial charge in [0.05, 0.1) is 31.6 Å². The predicted molar refractivity (Wildman–Crippen MR) is 79.4 cm³/mol. The normalized spacial score (nSPS) is 23.4. The summed E-state index contributed by atoms with van der Waals surface area (Å²) < 4.78 is 30.7. The van der Waals surface area contributed by atoms with Crippen LogP contribution in [-0.2, 0) is 19.6 Å². The molecule has 0 aromatic heterocycles. The molecule has 22 heavy (non-hydrogen) atoms. The van der Waals surface area contributed by atoms with Crippen molar-refractivity contribution in [3.63, 3.8) is 0 Å². The molecule has 0 spiro atoms. The van der Waals surface area contributed by atoms with Crippen molar-refractivity contribution in [3.8, 4) is 6.07 Å². The Hall–Kier alpha value is -1.21. The van der Waals surface area contributed by atoms with Crippen LogP contribution in [0.4, 0.5) is 0 Å². The number of nitrogens with one attached hydrogen (secondary N) is 1. The molecule has 0 saturated carbocycles. The highest BCUT2D eigenvalue weighted by molar-refractivity contribution is 7.89. The minimum absolute atomic E-state index is 0.0397. The van der Waals surface area contributed by atoms with Crippen LogP contribution in [0.3, 0.4) is 0 Å². The fourth-order valence-electron chi connectivity index (χ4n) is 2.65. The molecule has 2 heterocycles. The van der Waals surface area contributed by atoms with Gasteiger partial charge in [-0.3, -0.25) is 4.79 Å². The molecular formula is C13H22N4O4S. The van der Waals surface area contributed by atoms with Gasteiger partial charge < -0.3 is 15.0 Å². The van der Waals surface area contributed by atoms with E-state index in [2.05, 4.69) is 11.4 Å². The van der Waals surface area contributed by atoms with Crippen LogP contribution in [0.5, 0.6) is 0 Å². The van der Waals surface area contributed by atoms with Gasteiger partial charge in [-0.05, 0) is 12.8 Å². The number of ether oxygens (including phenoxy) is 1. The summed E-state index contributed by atoms with van der Waals surface area (Å²) in [6.07, 6.45) is 1.56. The number of carbonyl (C=O) groups is 1. The van der Waals surface area contributed by atoms with Crippen molar-refractivity contribution in [2.24, 2.45) is 0 Å². The van der Waals surface area contributed by atoms with E-state index < -0.39 is 10.0 Å². The molecule has 2 aliphatic rings. The lowest BCUT2D eigenvalue weighted by Crippen LogP contribution is -2.45. The number of sulfonamides is 1. The molecule has 2 fully saturated rings. The van der Waals surface area contributed by atoms with E-state index in [1.165, 1.54) is 4.31 Å². The van der Waals surface area contributed by atoms with Crippen LogP contribution in [-0.4, -0.2) is 81.3 Å². The Bertz CT molecular complexity index is 525. The number of carbonyl (C=O) groups excluding carboxylic acids is 1. The Kier molecular flexibility index (Phi) is 6.14. The average Bonchev–Trinajstić information content (AvgIpc) is 3.01. The Morgan fingerprint density at radius 2 is 2.05 bits per heavy atom. The molecule has 8 nitrogen and oxygen atoms in total. The third kappa shape index (κ3) is 4.39. The molecule has 0 unspecified atom stereocenters. The second kappa shape index (κ2) is 7.87. The molecular weight excluding hydrogens is 308 g/mol. The van der Waals surface area contributed by atoms with Crippen LogP contribution >= 0.6 is 0 Å². The second-order valence-electron chi connectivity index (χ2n) is 5.38. The first-order valence-electron chi connectivity index (χ1n) is 7.50. The largest absolute Gasteiger partial charge is 0.379 e. The molecule has 0 aromatic rings. The lowest BCUT2D eigenvalue weighted by Gasteiger charge is -2.26. The first-order valence-corrected chi connectivity index (χ1v) is 9.11. The Labute approximate surface area is 131 Å². The highest BCUT2D eigenvalue weighted by Gasteiger charge is 2.28. The number of rotatable bonds is 6. The van der Waals surface area contributed by atoms with Gasteiger partial charge in [0, 0.05) is 26.2 Å². The molecule has 1 amide bonds. The van der Waals surface area contributed by atoms with Crippen LogP contribution < -0.4 is 5.32 Å². The van der Waals surface area contributed by atoms with Crippen molar-refractivity contribution in [2.75, 3.05) is 51.7 Å². The van der Waals surface area contributed by atoms with E-state index in [9.17, 15) is 13.2 Å². The molecule has 0 aliphatic carbocycles. The lowest BCUT2D eigenvalue weighted by atomic mass is 10.2. The van der Waals surface area contributed by atoms with E-state index in [4.69, 9.17) is 10.00 Å². The van der Waals surface area contributed by atoms with Gasteiger partial charge in [-0.25, -0.2) is 8.42 Å². The summed E-state index contributed by atoms with van der Waals surface area (Å²) in [7, 11) is -3.30. The van der Waals surface area contributed by atoms with E-state index in [-0.39, 0.29) is 30.8 Å². The van der Waals surface area contributed by atoms with E-state index in [1.54, 1.807) is 4.90 Å². The van der Waals surface area contributed by atoms with Crippen LogP contribution in [0.2, 0.25) is 0 Å². The Morgan fingerprint density at radius 3 is 2.73 bits per heavy atom. The van der Waals surface area contributed by atoms with Crippen molar-refractivity contribution in [1.82, 2.24) is 14.5 Å². The monoisotopic (exact) mass is 330 g/mol. The number of nitriles is 1. The molecule has 0 bridgehead atoms. The zero-order valence-corrected chi connectivity index (χ0v) is 13.3. The van der Waals surface area contributed by atoms with Crippen molar-refractivity contribution in [2.45, 2.75) is 18.9 Å². The van der Waals surface area contributed by atoms with E-state index in [0.717, 1.165) is 6.42 Å². The van der Waals surface area contributed by atoms with Crippen LogP contribution in [0, 0.1) is 11.3 Å². The molecule has 2 rings (SSSR count). The summed E-state index contributed by atoms with van der Waals surface area (Å²) in [6, 6.07) is 1.77. The second-order valence-corrected chi connectivity index (χ2v) is 7.47. The molecule has 9 heteroatoms. The third-order valence-corrected chi connectivity index (χ3v) is 5.77. The minimum Gasteiger partial charge on any atom is -0.379 e. The molecule has 1 N–H and O–H groups in total. The van der Waals surface area contributed by atoms with Crippen LogP contribution in [0.15, 0.2) is 0 Å². The Balaban J connectivity index is 1.70. The van der Waals surface area contributed by atoms with Gasteiger partial charge in [-0.15, -0.1) is 0 Å². The van der Waals surface area contributed by atoms with E-state index >= 15 is 0 Å². The smallest absolute Gasteiger partial charge is 0.237 e. The minimum atomic E-state index is -3.30. The standard InChI is InChI=1S/C13H22N4O4S/c14-10-12-2-1-4-17(12)13(18)11-15-3-9-22(19,20)16-5-7-21-8-6-16/h12,15H,1-9,11H2/t12-/m0/s1. The van der Waals surface area contributed by atoms with Gasteiger partial charge in [0.25, 0.3) is 0 Å². The number of morpholine rings is 1. The molecule has 0 radical (unpaired) electrons. The van der Waals surface area contributed by atoms with Crippen molar-refractivity contribution in [3.05, 3.63) is 0 Å². The highest BCUT2D eigenvalue weighted by atomic mass is 32.2. The Morgan fingerprint density at radius 1 is 1.32 bits per heavy atom. The van der Waals surface area contributed by atoms with Crippen LogP contribution in [0.1, 0.15) is 12.8 Å². The summed E-state index contributed by atoms with van der Waals surface area (Å²) in [4.78, 5) is 13.5. The summed E-state index contributed by atoms with van der Waals surface area (Å²) in [5, 5.41) is 11.8. The topological polar surface area (TPSA) is 103 Å². The first kappa shape index (κ1) is 17.1. The van der Waals surface area contributed by atoms with E-state index in [1.807, 2.05) is 0 Å². The fraction of sp³-hybridized carbons (Fsp3) is 0.846. The van der Waals surface area contributed by atoms with Gasteiger partial charge in [0.15, 0.2) is 0 Å². The number of hydrogen-bond donors (Lipinski definition) is 1. The maximum atomic E-state index is 12.1. The highest BCUT2D eigenvalue weighted by Crippen LogP contribution is 2.15. The average molecular weight is 330 g/mol. The zero-order valence-electron chi connectivity index (χ0n) is 12.5. The zero-order chi connectivity index (χ0) is 16.0. The van der Waals surface area contributed by atoms with Gasteiger partial charge in [-0.2, -0.15) is 9.57 Å². The third-order valence-electron chi connectivity index (χ3n) is 3.90. The number of likely N-dealkylation sites (tertiary alicyclic amines) is 1. The quantitative estimate of drug-likeness (QED) is 0.611. The molecule has 0 aromatic carbocycles. The summed E-state index contributed by atoms with van der Waals surface area (Å²) in [6.45, 7) is 2.52. The van der Waals surface area contributed by atoms with Crippen molar-refractivity contribution < 1.29 is 17.9 Å². The SMILES string of the molecule is N#C[C@@H]1CCCN1C(=O)CNCCS(=O)(=O)N1CCOCC1. The van der Waals surface area contributed by atoms with Crippen molar-refractivity contribution >= 4 is 15.9 Å². The molecule has 2 saturated heterocycles. The predicted octanol–water partition coefficient (Wildman–Crippen LogP) is -1.25. The summed E-state index contributed by atoms with van der Waals surface area (Å²) in [5.74, 6) is -0.185. The number of amides is 1.